The predicted molar refractivity (Wildman–Crippen MR) is 113 cm³/mol. The standard InChI is InChI=1S/C18H13BrINO4S/c1-25-14-7-10(6-13(20)16(14)22)8-15-17(23)21(18(24)26-15)9-11-4-2-3-5-12(11)19/h2-8,22H,9H2,1H3/b15-8+. The topological polar surface area (TPSA) is 66.8 Å². The summed E-state index contributed by atoms with van der Waals surface area (Å²) >= 11 is 6.32. The van der Waals surface area contributed by atoms with Gasteiger partial charge in [-0.1, -0.05) is 34.1 Å². The summed E-state index contributed by atoms with van der Waals surface area (Å²) in [6, 6.07) is 10.8. The van der Waals surface area contributed by atoms with Gasteiger partial charge in [-0.25, -0.2) is 0 Å². The SMILES string of the molecule is COc1cc(/C=C2/SC(=O)N(Cc3ccccc3Br)C2=O)cc(I)c1O. The van der Waals surface area contributed by atoms with Gasteiger partial charge in [-0.2, -0.15) is 0 Å². The molecule has 1 aliphatic rings. The first-order valence-electron chi connectivity index (χ1n) is 7.46. The van der Waals surface area contributed by atoms with Crippen molar-refractivity contribution in [1.29, 1.82) is 0 Å². The van der Waals surface area contributed by atoms with Crippen molar-refractivity contribution in [2.45, 2.75) is 6.54 Å². The summed E-state index contributed by atoms with van der Waals surface area (Å²) in [7, 11) is 1.46. The molecule has 8 heteroatoms. The Morgan fingerprint density at radius 2 is 2.04 bits per heavy atom. The lowest BCUT2D eigenvalue weighted by molar-refractivity contribution is -0.123. The molecule has 26 heavy (non-hydrogen) atoms. The van der Waals surface area contributed by atoms with Crippen LogP contribution < -0.4 is 4.74 Å². The molecule has 0 aliphatic carbocycles. The monoisotopic (exact) mass is 545 g/mol. The highest BCUT2D eigenvalue weighted by molar-refractivity contribution is 14.1. The fourth-order valence-electron chi connectivity index (χ4n) is 2.42. The summed E-state index contributed by atoms with van der Waals surface area (Å²) in [6.07, 6.45) is 1.63. The summed E-state index contributed by atoms with van der Waals surface area (Å²) in [5.41, 5.74) is 1.53. The Balaban J connectivity index is 1.88. The number of imide groups is 1. The first-order chi connectivity index (χ1) is 12.4. The van der Waals surface area contributed by atoms with Crippen LogP contribution in [0.2, 0.25) is 0 Å². The largest absolute Gasteiger partial charge is 0.504 e. The van der Waals surface area contributed by atoms with Gasteiger partial charge in [0.25, 0.3) is 11.1 Å². The van der Waals surface area contributed by atoms with Crippen molar-refractivity contribution in [1.82, 2.24) is 4.90 Å². The van der Waals surface area contributed by atoms with Crippen LogP contribution >= 0.6 is 50.3 Å². The molecular weight excluding hydrogens is 533 g/mol. The number of nitrogens with zero attached hydrogens (tertiary/aromatic N) is 1. The molecule has 5 nitrogen and oxygen atoms in total. The molecular formula is C18H13BrINO4S. The third kappa shape index (κ3) is 3.91. The summed E-state index contributed by atoms with van der Waals surface area (Å²) in [5, 5.41) is 9.61. The molecule has 1 aliphatic heterocycles. The number of thioether (sulfide) groups is 1. The number of amides is 2. The number of hydrogen-bond donors (Lipinski definition) is 1. The second-order valence-electron chi connectivity index (χ2n) is 5.41. The van der Waals surface area contributed by atoms with Crippen molar-refractivity contribution in [2.75, 3.05) is 7.11 Å². The molecule has 1 fully saturated rings. The van der Waals surface area contributed by atoms with Crippen LogP contribution in [-0.4, -0.2) is 28.3 Å². The van der Waals surface area contributed by atoms with E-state index in [0.29, 0.717) is 19.8 Å². The minimum Gasteiger partial charge on any atom is -0.504 e. The zero-order valence-corrected chi connectivity index (χ0v) is 18.1. The number of carbonyl (C=O) groups is 2. The molecule has 0 saturated carbocycles. The number of halogens is 2. The zero-order valence-electron chi connectivity index (χ0n) is 13.5. The molecule has 0 atom stereocenters. The van der Waals surface area contributed by atoms with E-state index in [2.05, 4.69) is 15.9 Å². The van der Waals surface area contributed by atoms with Crippen LogP contribution in [0.25, 0.3) is 6.08 Å². The van der Waals surface area contributed by atoms with Gasteiger partial charge in [0.05, 0.1) is 22.1 Å². The van der Waals surface area contributed by atoms with E-state index in [9.17, 15) is 14.7 Å². The Hall–Kier alpha value is -1.52. The summed E-state index contributed by atoms with van der Waals surface area (Å²) in [5.74, 6) is 0.0284. The van der Waals surface area contributed by atoms with E-state index in [-0.39, 0.29) is 23.4 Å². The lowest BCUT2D eigenvalue weighted by atomic mass is 10.1. The van der Waals surface area contributed by atoms with E-state index in [1.54, 1.807) is 18.2 Å². The van der Waals surface area contributed by atoms with Gasteiger partial charge < -0.3 is 9.84 Å². The van der Waals surface area contributed by atoms with Gasteiger partial charge in [-0.15, -0.1) is 0 Å². The molecule has 1 heterocycles. The summed E-state index contributed by atoms with van der Waals surface area (Å²) < 4.78 is 6.58. The van der Waals surface area contributed by atoms with Crippen LogP contribution in [0.5, 0.6) is 11.5 Å². The first kappa shape index (κ1) is 19.2. The maximum atomic E-state index is 12.7. The number of rotatable bonds is 4. The van der Waals surface area contributed by atoms with E-state index in [1.165, 1.54) is 12.0 Å². The van der Waals surface area contributed by atoms with Gasteiger partial charge in [0, 0.05) is 4.47 Å². The molecule has 134 valence electrons. The van der Waals surface area contributed by atoms with Crippen molar-refractivity contribution in [3.05, 3.63) is 60.5 Å². The van der Waals surface area contributed by atoms with Crippen LogP contribution in [0.4, 0.5) is 4.79 Å². The average molecular weight is 546 g/mol. The maximum Gasteiger partial charge on any atom is 0.293 e. The van der Waals surface area contributed by atoms with Gasteiger partial charge in [0.2, 0.25) is 0 Å². The molecule has 0 unspecified atom stereocenters. The second-order valence-corrected chi connectivity index (χ2v) is 8.42. The Labute approximate surface area is 176 Å². The number of ether oxygens (including phenoxy) is 1. The van der Waals surface area contributed by atoms with E-state index < -0.39 is 0 Å². The minimum atomic E-state index is -0.335. The van der Waals surface area contributed by atoms with Crippen LogP contribution in [0.3, 0.4) is 0 Å². The van der Waals surface area contributed by atoms with Crippen molar-refractivity contribution < 1.29 is 19.4 Å². The quantitative estimate of drug-likeness (QED) is 0.432. The average Bonchev–Trinajstić information content (AvgIpc) is 2.87. The molecule has 2 amide bonds. The predicted octanol–water partition coefficient (Wildman–Crippen LogP) is 5.00. The highest BCUT2D eigenvalue weighted by Gasteiger charge is 2.35. The van der Waals surface area contributed by atoms with Crippen molar-refractivity contribution in [2.24, 2.45) is 0 Å². The number of methoxy groups -OCH3 is 1. The molecule has 1 N–H and O–H groups in total. The number of carbonyl (C=O) groups excluding carboxylic acids is 2. The Kier molecular flexibility index (Phi) is 5.93. The molecule has 0 spiro atoms. The summed E-state index contributed by atoms with van der Waals surface area (Å²) in [6.45, 7) is 0.208. The molecule has 0 radical (unpaired) electrons. The smallest absolute Gasteiger partial charge is 0.293 e. The number of phenolic OH excluding ortho intramolecular Hbond substituents is 1. The molecule has 0 aromatic heterocycles. The Bertz CT molecular complexity index is 931. The van der Waals surface area contributed by atoms with Crippen molar-refractivity contribution >= 4 is 67.5 Å². The lowest BCUT2D eigenvalue weighted by Crippen LogP contribution is -2.27. The fourth-order valence-corrected chi connectivity index (χ4v) is 4.29. The van der Waals surface area contributed by atoms with Crippen LogP contribution in [0, 0.1) is 3.57 Å². The minimum absolute atomic E-state index is 0.0484. The Morgan fingerprint density at radius 3 is 2.73 bits per heavy atom. The first-order valence-corrected chi connectivity index (χ1v) is 10.1. The van der Waals surface area contributed by atoms with Gasteiger partial charge in [0.1, 0.15) is 0 Å². The van der Waals surface area contributed by atoms with Crippen LogP contribution in [0.1, 0.15) is 11.1 Å². The molecule has 2 aromatic rings. The lowest BCUT2D eigenvalue weighted by Gasteiger charge is -2.13. The molecule has 1 saturated heterocycles. The van der Waals surface area contributed by atoms with E-state index in [0.717, 1.165) is 21.8 Å². The van der Waals surface area contributed by atoms with Crippen molar-refractivity contribution in [3.8, 4) is 11.5 Å². The van der Waals surface area contributed by atoms with Crippen LogP contribution in [0.15, 0.2) is 45.8 Å². The molecule has 0 bridgehead atoms. The van der Waals surface area contributed by atoms with Gasteiger partial charge in [-0.3, -0.25) is 14.5 Å². The van der Waals surface area contributed by atoms with Gasteiger partial charge in [0.15, 0.2) is 11.5 Å². The number of hydrogen-bond acceptors (Lipinski definition) is 5. The number of phenols is 1. The summed E-state index contributed by atoms with van der Waals surface area (Å²) in [4.78, 5) is 26.5. The third-order valence-electron chi connectivity index (χ3n) is 3.73. The zero-order chi connectivity index (χ0) is 18.8. The van der Waals surface area contributed by atoms with E-state index >= 15 is 0 Å². The highest BCUT2D eigenvalue weighted by Crippen LogP contribution is 2.37. The normalized spacial score (nSPS) is 15.8. The van der Waals surface area contributed by atoms with Gasteiger partial charge in [-0.05, 0) is 69.8 Å². The van der Waals surface area contributed by atoms with Crippen LogP contribution in [-0.2, 0) is 11.3 Å². The van der Waals surface area contributed by atoms with Gasteiger partial charge >= 0.3 is 0 Å². The van der Waals surface area contributed by atoms with Crippen molar-refractivity contribution in [3.63, 3.8) is 0 Å². The maximum absolute atomic E-state index is 12.7. The van der Waals surface area contributed by atoms with E-state index in [4.69, 9.17) is 4.74 Å². The number of benzene rings is 2. The Morgan fingerprint density at radius 1 is 1.31 bits per heavy atom. The molecule has 3 rings (SSSR count). The fraction of sp³-hybridized carbons (Fsp3) is 0.111. The number of aromatic hydroxyl groups is 1. The second kappa shape index (κ2) is 8.01. The molecule has 2 aromatic carbocycles. The highest BCUT2D eigenvalue weighted by atomic mass is 127. The third-order valence-corrected chi connectivity index (χ3v) is 6.23. The van der Waals surface area contributed by atoms with E-state index in [1.807, 2.05) is 46.9 Å².